The van der Waals surface area contributed by atoms with Crippen LogP contribution in [0, 0.1) is 0 Å². The lowest BCUT2D eigenvalue weighted by molar-refractivity contribution is 0.147. The fourth-order valence-electron chi connectivity index (χ4n) is 0.436. The molecule has 0 aromatic heterocycles. The van der Waals surface area contributed by atoms with Crippen LogP contribution in [0.2, 0.25) is 0 Å². The van der Waals surface area contributed by atoms with Crippen molar-refractivity contribution in [1.29, 1.82) is 0 Å². The minimum absolute atomic E-state index is 0.0935. The molecular weight excluding hydrogens is 122 g/mol. The second-order valence-corrected chi connectivity index (χ2v) is 1.69. The number of epoxide rings is 1. The highest BCUT2D eigenvalue weighted by Crippen LogP contribution is 2.03. The molecule has 1 saturated heterocycles. The van der Waals surface area contributed by atoms with E-state index in [0.717, 1.165) is 0 Å². The molecule has 0 radical (unpaired) electrons. The molecule has 0 aromatic rings. The molecule has 1 rings (SSSR count). The summed E-state index contributed by atoms with van der Waals surface area (Å²) in [6, 6.07) is 0. The molecule has 1 atom stereocenters. The Morgan fingerprint density at radius 1 is 2.00 bits per heavy atom. The Hall–Kier alpha value is -0.770. The van der Waals surface area contributed by atoms with Crippen LogP contribution in [0.25, 0.3) is 0 Å². The lowest BCUT2D eigenvalue weighted by Crippen LogP contribution is -2.26. The molecule has 0 spiro atoms. The Morgan fingerprint density at radius 3 is 3.11 bits per heavy atom. The van der Waals surface area contributed by atoms with Crippen LogP contribution in [0.5, 0.6) is 0 Å². The third-order valence-corrected chi connectivity index (χ3v) is 0.888. The number of amides is 1. The number of rotatable bonds is 2. The minimum atomic E-state index is -0.403. The van der Waals surface area contributed by atoms with E-state index in [2.05, 4.69) is 10.1 Å². The monoisotopic (exact) mass is 131 g/mol. The molecule has 4 heteroatoms. The van der Waals surface area contributed by atoms with Gasteiger partial charge in [-0.1, -0.05) is 0 Å². The van der Waals surface area contributed by atoms with Crippen LogP contribution in [-0.2, 0) is 9.47 Å². The topological polar surface area (TPSA) is 50.9 Å². The molecule has 0 aliphatic carbocycles. The summed E-state index contributed by atoms with van der Waals surface area (Å²) in [4.78, 5) is 10.5. The zero-order chi connectivity index (χ0) is 6.69. The number of hydrogen-bond acceptors (Lipinski definition) is 3. The zero-order valence-corrected chi connectivity index (χ0v) is 5.22. The van der Waals surface area contributed by atoms with Crippen molar-refractivity contribution in [3.8, 4) is 0 Å². The van der Waals surface area contributed by atoms with Gasteiger partial charge >= 0.3 is 6.09 Å². The third-order valence-electron chi connectivity index (χ3n) is 0.888. The minimum Gasteiger partial charge on any atom is -0.450 e. The smallest absolute Gasteiger partial charge is 0.409 e. The number of carbonyl (C=O) groups excluding carboxylic acids is 1. The average molecular weight is 131 g/mol. The van der Waals surface area contributed by atoms with Gasteiger partial charge < -0.3 is 9.47 Å². The Balaban J connectivity index is 2.02. The van der Waals surface area contributed by atoms with E-state index in [-0.39, 0.29) is 6.23 Å². The fourth-order valence-corrected chi connectivity index (χ4v) is 0.436. The van der Waals surface area contributed by atoms with Gasteiger partial charge in [0.15, 0.2) is 6.23 Å². The number of carbonyl (C=O) groups is 1. The lowest BCUT2D eigenvalue weighted by atomic mass is 10.7. The van der Waals surface area contributed by atoms with Crippen molar-refractivity contribution < 1.29 is 14.3 Å². The maximum atomic E-state index is 10.5. The standard InChI is InChI=1S/C5H9NO3/c1-2-8-5(7)6-4-3-9-4/h4H,2-3H2,1H3,(H,6,7). The van der Waals surface area contributed by atoms with Gasteiger partial charge in [-0.15, -0.1) is 0 Å². The molecule has 0 bridgehead atoms. The predicted molar refractivity (Wildman–Crippen MR) is 29.9 cm³/mol. The highest BCUT2D eigenvalue weighted by atomic mass is 16.6. The summed E-state index contributed by atoms with van der Waals surface area (Å²) in [6.07, 6.45) is -0.496. The summed E-state index contributed by atoms with van der Waals surface area (Å²) in [7, 11) is 0. The van der Waals surface area contributed by atoms with Crippen molar-refractivity contribution >= 4 is 6.09 Å². The molecule has 0 aromatic carbocycles. The highest BCUT2D eigenvalue weighted by molar-refractivity contribution is 5.67. The molecule has 9 heavy (non-hydrogen) atoms. The second kappa shape index (κ2) is 2.68. The van der Waals surface area contributed by atoms with Gasteiger partial charge in [-0.2, -0.15) is 0 Å². The van der Waals surface area contributed by atoms with Gasteiger partial charge in [0, 0.05) is 0 Å². The van der Waals surface area contributed by atoms with Crippen molar-refractivity contribution in [3.63, 3.8) is 0 Å². The van der Waals surface area contributed by atoms with E-state index in [1.54, 1.807) is 6.92 Å². The Bertz CT molecular complexity index is 111. The molecule has 1 amide bonds. The van der Waals surface area contributed by atoms with Crippen LogP contribution in [0.1, 0.15) is 6.92 Å². The number of hydrogen-bond donors (Lipinski definition) is 1. The first kappa shape index (κ1) is 6.35. The molecule has 1 N–H and O–H groups in total. The first-order chi connectivity index (χ1) is 4.33. The van der Waals surface area contributed by atoms with E-state index in [1.165, 1.54) is 0 Å². The third kappa shape index (κ3) is 2.32. The summed E-state index contributed by atoms with van der Waals surface area (Å²) < 4.78 is 9.28. The summed E-state index contributed by atoms with van der Waals surface area (Å²) in [5.74, 6) is 0. The van der Waals surface area contributed by atoms with Crippen LogP contribution in [0.3, 0.4) is 0 Å². The van der Waals surface area contributed by atoms with Gasteiger partial charge in [0.1, 0.15) is 0 Å². The van der Waals surface area contributed by atoms with Crippen molar-refractivity contribution in [2.45, 2.75) is 13.2 Å². The molecule has 1 fully saturated rings. The van der Waals surface area contributed by atoms with E-state index in [1.807, 2.05) is 0 Å². The second-order valence-electron chi connectivity index (χ2n) is 1.69. The van der Waals surface area contributed by atoms with Gasteiger partial charge in [0.05, 0.1) is 13.2 Å². The van der Waals surface area contributed by atoms with E-state index >= 15 is 0 Å². The average Bonchev–Trinajstić information content (AvgIpc) is 2.50. The molecular formula is C5H9NO3. The normalized spacial score (nSPS) is 23.0. The molecule has 1 aliphatic heterocycles. The van der Waals surface area contributed by atoms with Gasteiger partial charge in [0.25, 0.3) is 0 Å². The van der Waals surface area contributed by atoms with Crippen molar-refractivity contribution in [2.75, 3.05) is 13.2 Å². The SMILES string of the molecule is CCOC(=O)NC1CO1. The van der Waals surface area contributed by atoms with E-state index in [9.17, 15) is 4.79 Å². The zero-order valence-electron chi connectivity index (χ0n) is 5.22. The summed E-state index contributed by atoms with van der Waals surface area (Å²) in [5, 5.41) is 2.47. The van der Waals surface area contributed by atoms with Crippen molar-refractivity contribution in [3.05, 3.63) is 0 Å². The quantitative estimate of drug-likeness (QED) is 0.540. The van der Waals surface area contributed by atoms with Crippen molar-refractivity contribution in [1.82, 2.24) is 5.32 Å². The summed E-state index contributed by atoms with van der Waals surface area (Å²) in [5.41, 5.74) is 0. The molecule has 52 valence electrons. The fraction of sp³-hybridized carbons (Fsp3) is 0.800. The molecule has 1 heterocycles. The lowest BCUT2D eigenvalue weighted by Gasteiger charge is -1.99. The first-order valence-corrected chi connectivity index (χ1v) is 2.88. The van der Waals surface area contributed by atoms with Gasteiger partial charge in [-0.05, 0) is 6.92 Å². The van der Waals surface area contributed by atoms with Crippen LogP contribution in [0.4, 0.5) is 4.79 Å². The first-order valence-electron chi connectivity index (χ1n) is 2.88. The van der Waals surface area contributed by atoms with Crippen LogP contribution < -0.4 is 5.32 Å². The summed E-state index contributed by atoms with van der Waals surface area (Å²) in [6.45, 7) is 2.77. The van der Waals surface area contributed by atoms with Crippen LogP contribution in [-0.4, -0.2) is 25.5 Å². The molecule has 4 nitrogen and oxygen atoms in total. The highest BCUT2D eigenvalue weighted by Gasteiger charge is 2.24. The van der Waals surface area contributed by atoms with E-state index < -0.39 is 6.09 Å². The van der Waals surface area contributed by atoms with E-state index in [0.29, 0.717) is 13.2 Å². The molecule has 0 saturated carbocycles. The largest absolute Gasteiger partial charge is 0.450 e. The number of ether oxygens (including phenoxy) is 2. The Kier molecular flexibility index (Phi) is 1.89. The summed E-state index contributed by atoms with van der Waals surface area (Å²) >= 11 is 0. The predicted octanol–water partition coefficient (Wildman–Crippen LogP) is 0.0888. The van der Waals surface area contributed by atoms with Crippen LogP contribution in [0.15, 0.2) is 0 Å². The van der Waals surface area contributed by atoms with E-state index in [4.69, 9.17) is 4.74 Å². The van der Waals surface area contributed by atoms with Crippen LogP contribution >= 0.6 is 0 Å². The Morgan fingerprint density at radius 2 is 2.67 bits per heavy atom. The molecule has 1 aliphatic rings. The maximum absolute atomic E-state index is 10.5. The Labute approximate surface area is 53.1 Å². The van der Waals surface area contributed by atoms with Crippen molar-refractivity contribution in [2.24, 2.45) is 0 Å². The molecule has 1 unspecified atom stereocenters. The van der Waals surface area contributed by atoms with Gasteiger partial charge in [-0.3, -0.25) is 5.32 Å². The number of nitrogens with one attached hydrogen (secondary N) is 1. The van der Waals surface area contributed by atoms with Gasteiger partial charge in [-0.25, -0.2) is 4.79 Å². The van der Waals surface area contributed by atoms with Gasteiger partial charge in [0.2, 0.25) is 0 Å². The number of alkyl carbamates (subject to hydrolysis) is 1. The maximum Gasteiger partial charge on any atom is 0.409 e.